The summed E-state index contributed by atoms with van der Waals surface area (Å²) in [6.45, 7) is 5.41. The molecule has 1 N–H and O–H groups in total. The number of likely N-dealkylation sites (tertiary alicyclic amines) is 1. The van der Waals surface area contributed by atoms with Crippen LogP contribution in [0.4, 0.5) is 0 Å². The van der Waals surface area contributed by atoms with Gasteiger partial charge in [-0.05, 0) is 36.6 Å². The number of nitrogens with zero attached hydrogens (tertiary/aromatic N) is 1. The van der Waals surface area contributed by atoms with E-state index in [1.807, 2.05) is 12.1 Å². The van der Waals surface area contributed by atoms with Crippen LogP contribution in [0.2, 0.25) is 0 Å². The van der Waals surface area contributed by atoms with E-state index in [1.54, 1.807) is 14.2 Å². The predicted molar refractivity (Wildman–Crippen MR) is 70.3 cm³/mol. The number of ether oxygens (including phenoxy) is 2. The lowest BCUT2D eigenvalue weighted by Gasteiger charge is -2.17. The molecule has 4 heteroatoms. The lowest BCUT2D eigenvalue weighted by atomic mass is 10.1. The normalized spacial score (nSPS) is 20.1. The van der Waals surface area contributed by atoms with Gasteiger partial charge in [-0.2, -0.15) is 0 Å². The minimum absolute atomic E-state index is 0.0681. The Hall–Kier alpha value is -1.42. The van der Waals surface area contributed by atoms with Crippen molar-refractivity contribution < 1.29 is 14.6 Å². The number of hydrogen-bond acceptors (Lipinski definition) is 4. The van der Waals surface area contributed by atoms with Crippen LogP contribution in [0, 0.1) is 5.92 Å². The Labute approximate surface area is 108 Å². The molecule has 0 aromatic heterocycles. The van der Waals surface area contributed by atoms with Crippen molar-refractivity contribution in [3.8, 4) is 17.2 Å². The molecule has 1 aliphatic rings. The molecule has 0 aliphatic carbocycles. The van der Waals surface area contributed by atoms with Crippen molar-refractivity contribution in [1.29, 1.82) is 0 Å². The summed E-state index contributed by atoms with van der Waals surface area (Å²) in [6.07, 6.45) is 1.26. The van der Waals surface area contributed by atoms with E-state index in [4.69, 9.17) is 9.47 Å². The van der Waals surface area contributed by atoms with Crippen LogP contribution in [0.1, 0.15) is 18.9 Å². The van der Waals surface area contributed by atoms with E-state index in [9.17, 15) is 5.11 Å². The van der Waals surface area contributed by atoms with Crippen LogP contribution in [-0.4, -0.2) is 37.3 Å². The van der Waals surface area contributed by atoms with Gasteiger partial charge in [0.15, 0.2) is 11.5 Å². The molecule has 1 aliphatic heterocycles. The first-order valence-corrected chi connectivity index (χ1v) is 6.30. The molecular weight excluding hydrogens is 230 g/mol. The third-order valence-corrected chi connectivity index (χ3v) is 3.45. The van der Waals surface area contributed by atoms with E-state index in [2.05, 4.69) is 11.8 Å². The van der Waals surface area contributed by atoms with Crippen molar-refractivity contribution in [3.05, 3.63) is 17.7 Å². The highest BCUT2D eigenvalue weighted by Gasteiger charge is 2.20. The summed E-state index contributed by atoms with van der Waals surface area (Å²) in [6, 6.07) is 3.75. The molecule has 4 nitrogen and oxygen atoms in total. The SMILES string of the molecule is COc1cc(CN2CCC(C)C2)cc(OC)c1O. The Morgan fingerprint density at radius 2 is 1.89 bits per heavy atom. The molecular formula is C14H21NO3. The van der Waals surface area contributed by atoms with Crippen molar-refractivity contribution in [2.45, 2.75) is 19.9 Å². The van der Waals surface area contributed by atoms with E-state index in [0.29, 0.717) is 11.5 Å². The lowest BCUT2D eigenvalue weighted by Crippen LogP contribution is -2.19. The average Bonchev–Trinajstić information content (AvgIpc) is 2.76. The fraction of sp³-hybridized carbons (Fsp3) is 0.571. The number of aromatic hydroxyl groups is 1. The van der Waals surface area contributed by atoms with E-state index in [1.165, 1.54) is 6.42 Å². The standard InChI is InChI=1S/C14H21NO3/c1-10-4-5-15(8-10)9-11-6-12(17-2)14(16)13(7-11)18-3/h6-7,10,16H,4-5,8-9H2,1-3H3. The summed E-state index contributed by atoms with van der Waals surface area (Å²) in [5, 5.41) is 9.85. The summed E-state index contributed by atoms with van der Waals surface area (Å²) in [7, 11) is 3.10. The molecule has 2 rings (SSSR count). The van der Waals surface area contributed by atoms with Crippen molar-refractivity contribution in [1.82, 2.24) is 4.90 Å². The second kappa shape index (κ2) is 5.48. The van der Waals surface area contributed by atoms with Gasteiger partial charge in [0.25, 0.3) is 0 Å². The molecule has 0 amide bonds. The van der Waals surface area contributed by atoms with Gasteiger partial charge in [0.2, 0.25) is 5.75 Å². The summed E-state index contributed by atoms with van der Waals surface area (Å²) in [5.41, 5.74) is 1.11. The number of rotatable bonds is 4. The zero-order chi connectivity index (χ0) is 13.1. The van der Waals surface area contributed by atoms with Gasteiger partial charge >= 0.3 is 0 Å². The van der Waals surface area contributed by atoms with Gasteiger partial charge in [0.05, 0.1) is 14.2 Å². The first-order chi connectivity index (χ1) is 8.63. The van der Waals surface area contributed by atoms with Crippen LogP contribution in [0.3, 0.4) is 0 Å². The average molecular weight is 251 g/mol. The van der Waals surface area contributed by atoms with Gasteiger partial charge < -0.3 is 14.6 Å². The highest BCUT2D eigenvalue weighted by Crippen LogP contribution is 2.37. The monoisotopic (exact) mass is 251 g/mol. The van der Waals surface area contributed by atoms with Crippen molar-refractivity contribution >= 4 is 0 Å². The third kappa shape index (κ3) is 2.70. The van der Waals surface area contributed by atoms with E-state index in [-0.39, 0.29) is 5.75 Å². The molecule has 1 saturated heterocycles. The highest BCUT2D eigenvalue weighted by atomic mass is 16.5. The van der Waals surface area contributed by atoms with Gasteiger partial charge in [0, 0.05) is 13.1 Å². The predicted octanol–water partition coefficient (Wildman–Crippen LogP) is 2.25. The van der Waals surface area contributed by atoms with Gasteiger partial charge in [-0.15, -0.1) is 0 Å². The largest absolute Gasteiger partial charge is 0.502 e. The van der Waals surface area contributed by atoms with E-state index >= 15 is 0 Å². The van der Waals surface area contributed by atoms with Crippen LogP contribution in [0.25, 0.3) is 0 Å². The van der Waals surface area contributed by atoms with Crippen LogP contribution in [0.15, 0.2) is 12.1 Å². The first-order valence-electron chi connectivity index (χ1n) is 6.30. The topological polar surface area (TPSA) is 41.9 Å². The number of hydrogen-bond donors (Lipinski definition) is 1. The number of phenolic OH excluding ortho intramolecular Hbond substituents is 1. The van der Waals surface area contributed by atoms with E-state index in [0.717, 1.165) is 31.1 Å². The summed E-state index contributed by atoms with van der Waals surface area (Å²) >= 11 is 0. The lowest BCUT2D eigenvalue weighted by molar-refractivity contribution is 0.313. The molecule has 0 bridgehead atoms. The molecule has 1 atom stereocenters. The smallest absolute Gasteiger partial charge is 0.200 e. The fourth-order valence-electron chi connectivity index (χ4n) is 2.47. The molecule has 18 heavy (non-hydrogen) atoms. The molecule has 0 spiro atoms. The van der Waals surface area contributed by atoms with Crippen molar-refractivity contribution in [3.63, 3.8) is 0 Å². The summed E-state index contributed by atoms with van der Waals surface area (Å²) in [4.78, 5) is 2.41. The van der Waals surface area contributed by atoms with Gasteiger partial charge in [-0.25, -0.2) is 0 Å². The molecule has 1 aromatic rings. The molecule has 0 radical (unpaired) electrons. The minimum atomic E-state index is 0.0681. The third-order valence-electron chi connectivity index (χ3n) is 3.45. The van der Waals surface area contributed by atoms with Gasteiger partial charge in [0.1, 0.15) is 0 Å². The molecule has 1 aromatic carbocycles. The number of benzene rings is 1. The fourth-order valence-corrected chi connectivity index (χ4v) is 2.47. The Kier molecular flexibility index (Phi) is 3.97. The zero-order valence-corrected chi connectivity index (χ0v) is 11.3. The Bertz CT molecular complexity index is 394. The Balaban J connectivity index is 2.17. The van der Waals surface area contributed by atoms with Crippen LogP contribution in [0.5, 0.6) is 17.2 Å². The second-order valence-electron chi connectivity index (χ2n) is 4.98. The molecule has 1 heterocycles. The molecule has 100 valence electrons. The van der Waals surface area contributed by atoms with Crippen molar-refractivity contribution in [2.75, 3.05) is 27.3 Å². The highest BCUT2D eigenvalue weighted by molar-refractivity contribution is 5.52. The molecule has 0 saturated carbocycles. The summed E-state index contributed by atoms with van der Waals surface area (Å²) < 4.78 is 10.3. The van der Waals surface area contributed by atoms with Crippen LogP contribution >= 0.6 is 0 Å². The van der Waals surface area contributed by atoms with Crippen LogP contribution < -0.4 is 9.47 Å². The molecule has 1 fully saturated rings. The van der Waals surface area contributed by atoms with Crippen molar-refractivity contribution in [2.24, 2.45) is 5.92 Å². The second-order valence-corrected chi connectivity index (χ2v) is 4.98. The maximum Gasteiger partial charge on any atom is 0.200 e. The maximum absolute atomic E-state index is 9.85. The number of phenols is 1. The Morgan fingerprint density at radius 1 is 1.28 bits per heavy atom. The van der Waals surface area contributed by atoms with Crippen LogP contribution in [-0.2, 0) is 6.54 Å². The summed E-state index contributed by atoms with van der Waals surface area (Å²) in [5.74, 6) is 1.78. The van der Waals surface area contributed by atoms with Gasteiger partial charge in [-0.3, -0.25) is 4.90 Å². The molecule has 1 unspecified atom stereocenters. The van der Waals surface area contributed by atoms with E-state index < -0.39 is 0 Å². The number of methoxy groups -OCH3 is 2. The quantitative estimate of drug-likeness (QED) is 0.891. The maximum atomic E-state index is 9.85. The minimum Gasteiger partial charge on any atom is -0.502 e. The zero-order valence-electron chi connectivity index (χ0n) is 11.3. The Morgan fingerprint density at radius 3 is 2.33 bits per heavy atom. The first kappa shape index (κ1) is 13.0. The van der Waals surface area contributed by atoms with Gasteiger partial charge in [-0.1, -0.05) is 6.92 Å².